The molecule has 0 saturated heterocycles. The first-order valence-electron chi connectivity index (χ1n) is 8.43. The molecule has 0 aliphatic carbocycles. The molecule has 1 aliphatic rings. The number of amides is 1. The summed E-state index contributed by atoms with van der Waals surface area (Å²) >= 11 is 1.25. The molecule has 0 bridgehead atoms. The second-order valence-corrected chi connectivity index (χ2v) is 7.53. The summed E-state index contributed by atoms with van der Waals surface area (Å²) in [6, 6.07) is 5.87. The third kappa shape index (κ3) is 3.41. The van der Waals surface area contributed by atoms with Crippen LogP contribution in [0.1, 0.15) is 33.3 Å². The number of H-pyrrole nitrogens is 1. The smallest absolute Gasteiger partial charge is 0.238 e. The van der Waals surface area contributed by atoms with Crippen LogP contribution in [0.3, 0.4) is 0 Å². The molecule has 3 N–H and O–H groups in total. The minimum Gasteiger partial charge on any atom is -0.492 e. The van der Waals surface area contributed by atoms with Gasteiger partial charge in [-0.25, -0.2) is 5.10 Å². The van der Waals surface area contributed by atoms with Gasteiger partial charge < -0.3 is 10.5 Å². The standard InChI is InChI=1S/C18H23N5O2S/c1-5-25-13-8-6-7-12-11(2)9-18(3,4)23(15(12)13)14(24)10-26-17-20-16(19)21-22-17/h6-9H,5,10H2,1-4H3,(H3,19,20,21,22). The number of aromatic nitrogens is 3. The van der Waals surface area contributed by atoms with E-state index in [1.165, 1.54) is 11.8 Å². The van der Waals surface area contributed by atoms with E-state index in [-0.39, 0.29) is 17.6 Å². The molecule has 0 atom stereocenters. The third-order valence-electron chi connectivity index (χ3n) is 4.15. The van der Waals surface area contributed by atoms with Gasteiger partial charge in [0.05, 0.1) is 23.6 Å². The normalized spacial score (nSPS) is 15.4. The Kier molecular flexibility index (Phi) is 4.95. The van der Waals surface area contributed by atoms with Crippen molar-refractivity contribution in [2.45, 2.75) is 38.4 Å². The zero-order chi connectivity index (χ0) is 18.9. The van der Waals surface area contributed by atoms with Crippen molar-refractivity contribution in [3.05, 3.63) is 29.8 Å². The Morgan fingerprint density at radius 1 is 1.42 bits per heavy atom. The minimum absolute atomic E-state index is 0.0412. The van der Waals surface area contributed by atoms with Gasteiger partial charge in [0.25, 0.3) is 0 Å². The van der Waals surface area contributed by atoms with Gasteiger partial charge in [0.2, 0.25) is 17.0 Å². The number of thioether (sulfide) groups is 1. The maximum Gasteiger partial charge on any atom is 0.238 e. The average molecular weight is 373 g/mol. The summed E-state index contributed by atoms with van der Waals surface area (Å²) in [6.45, 7) is 8.58. The van der Waals surface area contributed by atoms with Gasteiger partial charge in [-0.05, 0) is 39.3 Å². The van der Waals surface area contributed by atoms with E-state index < -0.39 is 5.54 Å². The lowest BCUT2D eigenvalue weighted by Gasteiger charge is -2.42. The van der Waals surface area contributed by atoms with E-state index in [0.29, 0.717) is 17.5 Å². The Morgan fingerprint density at radius 2 is 2.19 bits per heavy atom. The Hall–Kier alpha value is -2.48. The van der Waals surface area contributed by atoms with E-state index in [1.807, 2.05) is 43.9 Å². The number of anilines is 2. The van der Waals surface area contributed by atoms with Crippen LogP contribution < -0.4 is 15.4 Å². The monoisotopic (exact) mass is 373 g/mol. The molecule has 0 spiro atoms. The molecule has 138 valence electrons. The van der Waals surface area contributed by atoms with Crippen LogP contribution in [0.25, 0.3) is 5.57 Å². The highest BCUT2D eigenvalue weighted by atomic mass is 32.2. The van der Waals surface area contributed by atoms with Crippen LogP contribution in [0.15, 0.2) is 29.4 Å². The Labute approximate surface area is 157 Å². The first-order valence-corrected chi connectivity index (χ1v) is 9.41. The summed E-state index contributed by atoms with van der Waals surface area (Å²) in [4.78, 5) is 19.0. The van der Waals surface area contributed by atoms with Crippen molar-refractivity contribution in [3.8, 4) is 5.75 Å². The topological polar surface area (TPSA) is 97.1 Å². The fourth-order valence-corrected chi connectivity index (χ4v) is 3.92. The number of nitrogens with two attached hydrogens (primary N) is 1. The Morgan fingerprint density at radius 3 is 2.85 bits per heavy atom. The van der Waals surface area contributed by atoms with Gasteiger partial charge in [-0.2, -0.15) is 4.98 Å². The van der Waals surface area contributed by atoms with E-state index in [2.05, 4.69) is 28.2 Å². The number of benzene rings is 1. The molecule has 0 fully saturated rings. The van der Waals surface area contributed by atoms with E-state index in [4.69, 9.17) is 10.5 Å². The van der Waals surface area contributed by atoms with Crippen LogP contribution in [-0.4, -0.2) is 39.0 Å². The Bertz CT molecular complexity index is 859. The fourth-order valence-electron chi connectivity index (χ4n) is 3.26. The summed E-state index contributed by atoms with van der Waals surface area (Å²) in [7, 11) is 0. The zero-order valence-corrected chi connectivity index (χ0v) is 16.2. The highest BCUT2D eigenvalue weighted by Gasteiger charge is 2.37. The highest BCUT2D eigenvalue weighted by molar-refractivity contribution is 7.99. The van der Waals surface area contributed by atoms with Crippen LogP contribution in [0, 0.1) is 0 Å². The Balaban J connectivity index is 1.96. The lowest BCUT2D eigenvalue weighted by molar-refractivity contribution is -0.116. The van der Waals surface area contributed by atoms with Crippen LogP contribution in [0.5, 0.6) is 5.75 Å². The van der Waals surface area contributed by atoms with E-state index in [1.54, 1.807) is 0 Å². The number of hydrogen-bond acceptors (Lipinski definition) is 6. The molecule has 0 radical (unpaired) electrons. The number of nitrogens with zero attached hydrogens (tertiary/aromatic N) is 3. The van der Waals surface area contributed by atoms with Crippen molar-refractivity contribution >= 4 is 34.9 Å². The molecule has 26 heavy (non-hydrogen) atoms. The lowest BCUT2D eigenvalue weighted by atomic mass is 9.88. The number of carbonyl (C=O) groups excluding carboxylic acids is 1. The molecule has 2 heterocycles. The van der Waals surface area contributed by atoms with Gasteiger partial charge in [-0.15, -0.1) is 5.10 Å². The first kappa shape index (κ1) is 18.3. The van der Waals surface area contributed by atoms with Gasteiger partial charge in [0.15, 0.2) is 0 Å². The number of para-hydroxylation sites is 1. The average Bonchev–Trinajstić information content (AvgIpc) is 2.98. The molecule has 1 aromatic carbocycles. The summed E-state index contributed by atoms with van der Waals surface area (Å²) in [6.07, 6.45) is 2.11. The largest absolute Gasteiger partial charge is 0.492 e. The summed E-state index contributed by atoms with van der Waals surface area (Å²) < 4.78 is 5.82. The van der Waals surface area contributed by atoms with E-state index in [9.17, 15) is 4.79 Å². The lowest BCUT2D eigenvalue weighted by Crippen LogP contribution is -2.50. The molecule has 0 saturated carbocycles. The molecule has 3 rings (SSSR count). The number of rotatable bonds is 5. The van der Waals surface area contributed by atoms with Crippen LogP contribution >= 0.6 is 11.8 Å². The number of allylic oxidation sites excluding steroid dienone is 1. The third-order valence-corrected chi connectivity index (χ3v) is 4.98. The number of hydrogen-bond donors (Lipinski definition) is 2. The number of nitrogen functional groups attached to an aromatic ring is 1. The number of aromatic amines is 1. The van der Waals surface area contributed by atoms with E-state index >= 15 is 0 Å². The van der Waals surface area contributed by atoms with Gasteiger partial charge in [-0.3, -0.25) is 9.69 Å². The first-order chi connectivity index (χ1) is 12.3. The SMILES string of the molecule is CCOc1cccc2c1N(C(=O)CSc1n[nH]c(N)n1)C(C)(C)C=C2C. The van der Waals surface area contributed by atoms with Crippen LogP contribution in [0.2, 0.25) is 0 Å². The predicted molar refractivity (Wildman–Crippen MR) is 104 cm³/mol. The van der Waals surface area contributed by atoms with Crippen molar-refractivity contribution in [1.29, 1.82) is 0 Å². The zero-order valence-electron chi connectivity index (χ0n) is 15.4. The van der Waals surface area contributed by atoms with Gasteiger partial charge in [0.1, 0.15) is 5.75 Å². The van der Waals surface area contributed by atoms with Gasteiger partial charge in [0, 0.05) is 5.56 Å². The molecule has 1 aromatic heterocycles. The molecule has 2 aromatic rings. The summed E-state index contributed by atoms with van der Waals surface area (Å²) in [5.41, 5.74) is 8.03. The summed E-state index contributed by atoms with van der Waals surface area (Å²) in [5, 5.41) is 7.00. The van der Waals surface area contributed by atoms with Crippen molar-refractivity contribution in [1.82, 2.24) is 15.2 Å². The molecule has 7 nitrogen and oxygen atoms in total. The van der Waals surface area contributed by atoms with Crippen molar-refractivity contribution in [2.75, 3.05) is 23.0 Å². The maximum absolute atomic E-state index is 13.1. The summed E-state index contributed by atoms with van der Waals surface area (Å²) in [5.74, 6) is 1.11. The highest BCUT2D eigenvalue weighted by Crippen LogP contribution is 2.44. The molecule has 8 heteroatoms. The predicted octanol–water partition coefficient (Wildman–Crippen LogP) is 3.11. The van der Waals surface area contributed by atoms with Gasteiger partial charge in [-0.1, -0.05) is 30.0 Å². The van der Waals surface area contributed by atoms with Crippen molar-refractivity contribution in [2.24, 2.45) is 0 Å². The molecular weight excluding hydrogens is 350 g/mol. The number of carbonyl (C=O) groups is 1. The van der Waals surface area contributed by atoms with Crippen LogP contribution in [0.4, 0.5) is 11.6 Å². The molecule has 1 aliphatic heterocycles. The number of ether oxygens (including phenoxy) is 1. The molecule has 1 amide bonds. The second-order valence-electron chi connectivity index (χ2n) is 6.59. The van der Waals surface area contributed by atoms with Crippen molar-refractivity contribution in [3.63, 3.8) is 0 Å². The fraction of sp³-hybridized carbons (Fsp3) is 0.389. The van der Waals surface area contributed by atoms with E-state index in [0.717, 1.165) is 16.8 Å². The molecule has 0 unspecified atom stereocenters. The quantitative estimate of drug-likeness (QED) is 0.782. The number of fused-ring (bicyclic) bond motifs is 1. The second kappa shape index (κ2) is 7.03. The maximum atomic E-state index is 13.1. The van der Waals surface area contributed by atoms with Crippen molar-refractivity contribution < 1.29 is 9.53 Å². The number of nitrogens with one attached hydrogen (secondary N) is 1. The van der Waals surface area contributed by atoms with Gasteiger partial charge >= 0.3 is 0 Å². The minimum atomic E-state index is -0.472. The van der Waals surface area contributed by atoms with Crippen LogP contribution in [-0.2, 0) is 4.79 Å². The molecular formula is C18H23N5O2S.